The minimum absolute atomic E-state index is 0.137. The van der Waals surface area contributed by atoms with Crippen molar-refractivity contribution in [2.45, 2.75) is 19.5 Å². The highest BCUT2D eigenvalue weighted by molar-refractivity contribution is 9.10. The zero-order valence-corrected chi connectivity index (χ0v) is 14.4. The molecule has 0 bridgehead atoms. The van der Waals surface area contributed by atoms with E-state index >= 15 is 0 Å². The average molecular weight is 387 g/mol. The molecule has 0 radical (unpaired) electrons. The van der Waals surface area contributed by atoms with Crippen molar-refractivity contribution in [2.24, 2.45) is 0 Å². The number of halogens is 1. The van der Waals surface area contributed by atoms with Gasteiger partial charge in [-0.25, -0.2) is 4.98 Å². The van der Waals surface area contributed by atoms with Crippen molar-refractivity contribution >= 4 is 32.7 Å². The highest BCUT2D eigenvalue weighted by Gasteiger charge is 2.07. The first-order valence-electron chi connectivity index (χ1n) is 7.45. The number of benzene rings is 1. The van der Waals surface area contributed by atoms with Crippen LogP contribution in [0, 0.1) is 0 Å². The first kappa shape index (κ1) is 16.3. The fourth-order valence-electron chi connectivity index (χ4n) is 2.29. The van der Waals surface area contributed by atoms with Crippen LogP contribution in [0.5, 0.6) is 0 Å². The number of carbonyl (C=O) groups is 1. The van der Waals surface area contributed by atoms with Gasteiger partial charge in [0.05, 0.1) is 29.5 Å². The van der Waals surface area contributed by atoms with Crippen LogP contribution in [0.25, 0.3) is 10.9 Å². The smallest absolute Gasteiger partial charge is 0.261 e. The largest absolute Gasteiger partial charge is 0.350 e. The summed E-state index contributed by atoms with van der Waals surface area (Å²) in [5, 5.41) is 3.32. The molecule has 24 heavy (non-hydrogen) atoms. The maximum Gasteiger partial charge on any atom is 0.261 e. The molecule has 122 valence electrons. The maximum absolute atomic E-state index is 12.4. The van der Waals surface area contributed by atoms with E-state index in [-0.39, 0.29) is 24.4 Å². The molecular weight excluding hydrogens is 372 g/mol. The van der Waals surface area contributed by atoms with Gasteiger partial charge in [0.25, 0.3) is 5.56 Å². The number of nitrogens with one attached hydrogen (secondary N) is 1. The number of fused-ring (bicyclic) bond motifs is 1. The molecule has 6 nitrogen and oxygen atoms in total. The minimum Gasteiger partial charge on any atom is -0.350 e. The molecule has 0 spiro atoms. The first-order chi connectivity index (χ1) is 11.6. The lowest BCUT2D eigenvalue weighted by molar-refractivity contribution is -0.121. The predicted molar refractivity (Wildman–Crippen MR) is 94.4 cm³/mol. The standard InChI is InChI=1S/C17H15BrN4O2/c18-12-4-5-15-14(9-12)17(24)22(11-21-15)8-6-16(23)20-10-13-3-1-2-7-19-13/h1-5,7,9,11H,6,8,10H2,(H,20,23). The predicted octanol–water partition coefficient (Wildman–Crippen LogP) is 2.26. The topological polar surface area (TPSA) is 76.9 Å². The molecule has 3 rings (SSSR count). The molecule has 0 fully saturated rings. The van der Waals surface area contributed by atoms with E-state index in [1.807, 2.05) is 24.3 Å². The van der Waals surface area contributed by atoms with E-state index in [4.69, 9.17) is 0 Å². The van der Waals surface area contributed by atoms with Crippen molar-refractivity contribution in [1.82, 2.24) is 19.9 Å². The van der Waals surface area contributed by atoms with E-state index in [1.165, 1.54) is 10.9 Å². The first-order valence-corrected chi connectivity index (χ1v) is 8.24. The van der Waals surface area contributed by atoms with E-state index in [1.54, 1.807) is 18.3 Å². The molecule has 0 aliphatic heterocycles. The molecule has 0 unspecified atom stereocenters. The van der Waals surface area contributed by atoms with Gasteiger partial charge in [-0.1, -0.05) is 22.0 Å². The molecule has 0 aliphatic carbocycles. The summed E-state index contributed by atoms with van der Waals surface area (Å²) in [5.74, 6) is -0.137. The van der Waals surface area contributed by atoms with Crippen LogP contribution >= 0.6 is 15.9 Å². The van der Waals surface area contributed by atoms with Crippen molar-refractivity contribution in [2.75, 3.05) is 0 Å². The second-order valence-electron chi connectivity index (χ2n) is 5.25. The van der Waals surface area contributed by atoms with E-state index in [0.29, 0.717) is 17.4 Å². The van der Waals surface area contributed by atoms with E-state index in [0.717, 1.165) is 10.2 Å². The third-order valence-corrected chi connectivity index (χ3v) is 4.05. The number of hydrogen-bond acceptors (Lipinski definition) is 4. The molecule has 0 saturated heterocycles. The van der Waals surface area contributed by atoms with Gasteiger partial charge in [-0.2, -0.15) is 0 Å². The zero-order chi connectivity index (χ0) is 16.9. The fraction of sp³-hybridized carbons (Fsp3) is 0.176. The quantitative estimate of drug-likeness (QED) is 0.729. The van der Waals surface area contributed by atoms with Gasteiger partial charge in [0.1, 0.15) is 0 Å². The van der Waals surface area contributed by atoms with E-state index in [9.17, 15) is 9.59 Å². The number of pyridine rings is 1. The Morgan fingerprint density at radius 2 is 2.08 bits per heavy atom. The lowest BCUT2D eigenvalue weighted by Gasteiger charge is -2.08. The Balaban J connectivity index is 1.64. The number of rotatable bonds is 5. The molecule has 2 heterocycles. The van der Waals surface area contributed by atoms with Crippen LogP contribution in [0.3, 0.4) is 0 Å². The summed E-state index contributed by atoms with van der Waals surface area (Å²) >= 11 is 3.35. The number of aryl methyl sites for hydroxylation is 1. The van der Waals surface area contributed by atoms with Gasteiger partial charge in [-0.3, -0.25) is 19.1 Å². The number of hydrogen-bond donors (Lipinski definition) is 1. The van der Waals surface area contributed by atoms with Crippen LogP contribution < -0.4 is 10.9 Å². The number of aromatic nitrogens is 3. The van der Waals surface area contributed by atoms with Crippen molar-refractivity contribution in [3.05, 3.63) is 69.4 Å². The average Bonchev–Trinajstić information content (AvgIpc) is 2.61. The molecule has 1 amide bonds. The summed E-state index contributed by atoms with van der Waals surface area (Å²) < 4.78 is 2.27. The minimum atomic E-state index is -0.154. The van der Waals surface area contributed by atoms with E-state index in [2.05, 4.69) is 31.2 Å². The van der Waals surface area contributed by atoms with Gasteiger partial charge in [-0.05, 0) is 30.3 Å². The SMILES string of the molecule is O=C(CCn1cnc2ccc(Br)cc2c1=O)NCc1ccccn1. The summed E-state index contributed by atoms with van der Waals surface area (Å²) in [4.78, 5) is 32.8. The monoisotopic (exact) mass is 386 g/mol. The molecule has 0 aliphatic rings. The van der Waals surface area contributed by atoms with Crippen molar-refractivity contribution < 1.29 is 4.79 Å². The summed E-state index contributed by atoms with van der Waals surface area (Å²) in [6.45, 7) is 0.653. The van der Waals surface area contributed by atoms with Gasteiger partial charge >= 0.3 is 0 Å². The van der Waals surface area contributed by atoms with Crippen LogP contribution in [-0.2, 0) is 17.9 Å². The summed E-state index contributed by atoms with van der Waals surface area (Å²) in [7, 11) is 0. The van der Waals surface area contributed by atoms with Gasteiger partial charge < -0.3 is 5.32 Å². The van der Waals surface area contributed by atoms with Crippen LogP contribution in [0.1, 0.15) is 12.1 Å². The summed E-state index contributed by atoms with van der Waals surface area (Å²) in [6.07, 6.45) is 3.36. The molecule has 7 heteroatoms. The van der Waals surface area contributed by atoms with Gasteiger partial charge in [-0.15, -0.1) is 0 Å². The number of carbonyl (C=O) groups excluding carboxylic acids is 1. The van der Waals surface area contributed by atoms with Gasteiger partial charge in [0, 0.05) is 23.6 Å². The van der Waals surface area contributed by atoms with Gasteiger partial charge in [0.15, 0.2) is 0 Å². The third kappa shape index (κ3) is 3.86. The number of amides is 1. The Morgan fingerprint density at radius 3 is 2.88 bits per heavy atom. The molecular formula is C17H15BrN4O2. The molecule has 2 aromatic heterocycles. The lowest BCUT2D eigenvalue weighted by atomic mass is 10.2. The fourth-order valence-corrected chi connectivity index (χ4v) is 2.65. The second kappa shape index (κ2) is 7.35. The Morgan fingerprint density at radius 1 is 1.21 bits per heavy atom. The Bertz CT molecular complexity index is 925. The van der Waals surface area contributed by atoms with E-state index < -0.39 is 0 Å². The number of nitrogens with zero attached hydrogens (tertiary/aromatic N) is 3. The Kier molecular flexibility index (Phi) is 5.00. The summed E-state index contributed by atoms with van der Waals surface area (Å²) in [6, 6.07) is 10.9. The van der Waals surface area contributed by atoms with Crippen LogP contribution in [0.15, 0.2) is 58.2 Å². The van der Waals surface area contributed by atoms with Crippen molar-refractivity contribution in [3.8, 4) is 0 Å². The normalized spacial score (nSPS) is 10.7. The van der Waals surface area contributed by atoms with Crippen LogP contribution in [-0.4, -0.2) is 20.4 Å². The second-order valence-corrected chi connectivity index (χ2v) is 6.17. The molecule has 0 atom stereocenters. The maximum atomic E-state index is 12.4. The Labute approximate surface area is 146 Å². The molecule has 1 N–H and O–H groups in total. The zero-order valence-electron chi connectivity index (χ0n) is 12.8. The van der Waals surface area contributed by atoms with Crippen molar-refractivity contribution in [1.29, 1.82) is 0 Å². The highest BCUT2D eigenvalue weighted by Crippen LogP contribution is 2.14. The van der Waals surface area contributed by atoms with Gasteiger partial charge in [0.2, 0.25) is 5.91 Å². The molecule has 3 aromatic rings. The van der Waals surface area contributed by atoms with Crippen LogP contribution in [0.2, 0.25) is 0 Å². The van der Waals surface area contributed by atoms with Crippen LogP contribution in [0.4, 0.5) is 0 Å². The lowest BCUT2D eigenvalue weighted by Crippen LogP contribution is -2.27. The molecule has 0 saturated carbocycles. The Hall–Kier alpha value is -2.54. The third-order valence-electron chi connectivity index (χ3n) is 3.56. The molecule has 1 aromatic carbocycles. The highest BCUT2D eigenvalue weighted by atomic mass is 79.9. The van der Waals surface area contributed by atoms with Crippen molar-refractivity contribution in [3.63, 3.8) is 0 Å². The summed E-state index contributed by atoms with van der Waals surface area (Å²) in [5.41, 5.74) is 1.28.